The van der Waals surface area contributed by atoms with E-state index in [-0.39, 0.29) is 11.6 Å². The van der Waals surface area contributed by atoms with Crippen molar-refractivity contribution < 1.29 is 9.84 Å². The molecule has 0 bridgehead atoms. The molecular formula is C21H29NO2. The van der Waals surface area contributed by atoms with Crippen molar-refractivity contribution in [3.8, 4) is 0 Å². The number of aliphatic hydroxyl groups excluding tert-OH is 1. The van der Waals surface area contributed by atoms with Gasteiger partial charge in [-0.05, 0) is 38.9 Å². The fourth-order valence-electron chi connectivity index (χ4n) is 2.81. The molecule has 0 saturated carbocycles. The van der Waals surface area contributed by atoms with Crippen LogP contribution in [0.1, 0.15) is 37.9 Å². The van der Waals surface area contributed by atoms with Gasteiger partial charge in [0.25, 0.3) is 0 Å². The molecule has 0 radical (unpaired) electrons. The monoisotopic (exact) mass is 327 g/mol. The number of nitrogens with zero attached hydrogens (tertiary/aromatic N) is 1. The number of likely N-dealkylation sites (N-methyl/N-ethyl adjacent to an activating group) is 1. The lowest BCUT2D eigenvalue weighted by molar-refractivity contribution is -0.0561. The SMILES string of the molecule is CN(CC(O)COC(C)(C)C)C(c1ccccc1)c1ccccc1. The van der Waals surface area contributed by atoms with E-state index >= 15 is 0 Å². The Morgan fingerprint density at radius 3 is 1.79 bits per heavy atom. The number of rotatable bonds is 7. The number of aliphatic hydroxyl groups is 1. The number of hydrogen-bond donors (Lipinski definition) is 1. The normalized spacial score (nSPS) is 13.5. The summed E-state index contributed by atoms with van der Waals surface area (Å²) in [4.78, 5) is 2.18. The van der Waals surface area contributed by atoms with E-state index < -0.39 is 6.10 Å². The number of ether oxygens (including phenoxy) is 1. The van der Waals surface area contributed by atoms with E-state index in [4.69, 9.17) is 4.74 Å². The van der Waals surface area contributed by atoms with Crippen molar-refractivity contribution >= 4 is 0 Å². The first-order chi connectivity index (χ1) is 11.4. The Morgan fingerprint density at radius 2 is 1.38 bits per heavy atom. The Morgan fingerprint density at radius 1 is 0.917 bits per heavy atom. The Bertz CT molecular complexity index is 553. The molecule has 24 heavy (non-hydrogen) atoms. The smallest absolute Gasteiger partial charge is 0.0900 e. The van der Waals surface area contributed by atoms with Crippen LogP contribution in [0.2, 0.25) is 0 Å². The standard InChI is InChI=1S/C21H29NO2/c1-21(2,3)24-16-19(23)15-22(4)20(17-11-7-5-8-12-17)18-13-9-6-10-14-18/h5-14,19-20,23H,15-16H2,1-4H3. The second-order valence-corrected chi connectivity index (χ2v) is 7.24. The molecule has 0 saturated heterocycles. The fraction of sp³-hybridized carbons (Fsp3) is 0.429. The Kier molecular flexibility index (Phi) is 6.55. The first kappa shape index (κ1) is 18.7. The minimum absolute atomic E-state index is 0.108. The van der Waals surface area contributed by atoms with Gasteiger partial charge in [-0.25, -0.2) is 0 Å². The van der Waals surface area contributed by atoms with Gasteiger partial charge in [0.15, 0.2) is 0 Å². The zero-order valence-electron chi connectivity index (χ0n) is 15.1. The van der Waals surface area contributed by atoms with Gasteiger partial charge in [-0.3, -0.25) is 4.90 Å². The van der Waals surface area contributed by atoms with Crippen molar-refractivity contribution in [3.63, 3.8) is 0 Å². The van der Waals surface area contributed by atoms with Crippen LogP contribution in [0.4, 0.5) is 0 Å². The van der Waals surface area contributed by atoms with Crippen molar-refractivity contribution in [2.24, 2.45) is 0 Å². The van der Waals surface area contributed by atoms with Crippen LogP contribution < -0.4 is 0 Å². The summed E-state index contributed by atoms with van der Waals surface area (Å²) in [6.45, 7) is 6.88. The highest BCUT2D eigenvalue weighted by molar-refractivity contribution is 5.31. The van der Waals surface area contributed by atoms with E-state index in [1.807, 2.05) is 40.0 Å². The highest BCUT2D eigenvalue weighted by Gasteiger charge is 2.22. The summed E-state index contributed by atoms with van der Waals surface area (Å²) in [5.74, 6) is 0. The molecule has 130 valence electrons. The topological polar surface area (TPSA) is 32.7 Å². The summed E-state index contributed by atoms with van der Waals surface area (Å²) in [6.07, 6.45) is -0.524. The molecule has 1 atom stereocenters. The first-order valence-electron chi connectivity index (χ1n) is 8.49. The van der Waals surface area contributed by atoms with Crippen LogP contribution in [-0.4, -0.2) is 41.9 Å². The van der Waals surface area contributed by atoms with Gasteiger partial charge in [-0.1, -0.05) is 60.7 Å². The third-order valence-corrected chi connectivity index (χ3v) is 3.88. The van der Waals surface area contributed by atoms with Gasteiger partial charge in [0.1, 0.15) is 0 Å². The van der Waals surface area contributed by atoms with E-state index in [0.29, 0.717) is 13.2 Å². The van der Waals surface area contributed by atoms with Gasteiger partial charge in [-0.2, -0.15) is 0 Å². The van der Waals surface area contributed by atoms with Crippen molar-refractivity contribution in [2.75, 3.05) is 20.2 Å². The Labute approximate surface area is 145 Å². The van der Waals surface area contributed by atoms with Crippen LogP contribution in [0, 0.1) is 0 Å². The summed E-state index contributed by atoms with van der Waals surface area (Å²) < 4.78 is 5.71. The molecular weight excluding hydrogens is 298 g/mol. The highest BCUT2D eigenvalue weighted by Crippen LogP contribution is 2.27. The minimum atomic E-state index is -0.524. The molecule has 0 aliphatic heterocycles. The molecule has 1 unspecified atom stereocenters. The summed E-state index contributed by atoms with van der Waals surface area (Å²) in [6, 6.07) is 20.9. The maximum atomic E-state index is 10.4. The van der Waals surface area contributed by atoms with Gasteiger partial charge in [0.05, 0.1) is 24.4 Å². The minimum Gasteiger partial charge on any atom is -0.389 e. The molecule has 0 aromatic heterocycles. The molecule has 0 heterocycles. The van der Waals surface area contributed by atoms with E-state index in [1.165, 1.54) is 11.1 Å². The largest absolute Gasteiger partial charge is 0.389 e. The number of hydrogen-bond acceptors (Lipinski definition) is 3. The van der Waals surface area contributed by atoms with Gasteiger partial charge < -0.3 is 9.84 Å². The summed E-state index contributed by atoms with van der Waals surface area (Å²) in [5.41, 5.74) is 2.20. The van der Waals surface area contributed by atoms with Crippen LogP contribution in [0.5, 0.6) is 0 Å². The summed E-state index contributed by atoms with van der Waals surface area (Å²) in [7, 11) is 2.05. The van der Waals surface area contributed by atoms with Gasteiger partial charge >= 0.3 is 0 Å². The Hall–Kier alpha value is -1.68. The fourth-order valence-corrected chi connectivity index (χ4v) is 2.81. The molecule has 3 heteroatoms. The van der Waals surface area contributed by atoms with Crippen molar-refractivity contribution in [1.82, 2.24) is 4.90 Å². The number of benzene rings is 2. The van der Waals surface area contributed by atoms with Crippen LogP contribution >= 0.6 is 0 Å². The molecule has 2 aromatic carbocycles. The third-order valence-electron chi connectivity index (χ3n) is 3.88. The van der Waals surface area contributed by atoms with Crippen LogP contribution in [0.25, 0.3) is 0 Å². The van der Waals surface area contributed by atoms with Gasteiger partial charge in [0, 0.05) is 6.54 Å². The van der Waals surface area contributed by atoms with Crippen LogP contribution in [0.3, 0.4) is 0 Å². The lowest BCUT2D eigenvalue weighted by Gasteiger charge is -2.31. The second-order valence-electron chi connectivity index (χ2n) is 7.24. The second kappa shape index (κ2) is 8.43. The molecule has 0 fully saturated rings. The lowest BCUT2D eigenvalue weighted by Crippen LogP contribution is -2.37. The van der Waals surface area contributed by atoms with Crippen molar-refractivity contribution in [2.45, 2.75) is 38.5 Å². The van der Waals surface area contributed by atoms with E-state index in [1.54, 1.807) is 0 Å². The zero-order chi connectivity index (χ0) is 17.6. The average Bonchev–Trinajstić information content (AvgIpc) is 2.54. The van der Waals surface area contributed by atoms with Gasteiger partial charge in [0.2, 0.25) is 0 Å². The van der Waals surface area contributed by atoms with E-state index in [9.17, 15) is 5.11 Å². The summed E-state index contributed by atoms with van der Waals surface area (Å²) >= 11 is 0. The molecule has 2 aromatic rings. The zero-order valence-corrected chi connectivity index (χ0v) is 15.1. The van der Waals surface area contributed by atoms with Crippen molar-refractivity contribution in [3.05, 3.63) is 71.8 Å². The van der Waals surface area contributed by atoms with E-state index in [0.717, 1.165) is 0 Å². The van der Waals surface area contributed by atoms with Crippen molar-refractivity contribution in [1.29, 1.82) is 0 Å². The van der Waals surface area contributed by atoms with Crippen LogP contribution in [0.15, 0.2) is 60.7 Å². The molecule has 3 nitrogen and oxygen atoms in total. The predicted octanol–water partition coefficient (Wildman–Crippen LogP) is 3.88. The maximum Gasteiger partial charge on any atom is 0.0900 e. The lowest BCUT2D eigenvalue weighted by atomic mass is 9.97. The average molecular weight is 327 g/mol. The molecule has 0 spiro atoms. The maximum absolute atomic E-state index is 10.4. The first-order valence-corrected chi connectivity index (χ1v) is 8.49. The predicted molar refractivity (Wildman–Crippen MR) is 99.1 cm³/mol. The highest BCUT2D eigenvalue weighted by atomic mass is 16.5. The molecule has 0 aliphatic carbocycles. The Balaban J connectivity index is 2.12. The molecule has 0 aliphatic rings. The molecule has 2 rings (SSSR count). The molecule has 0 amide bonds. The van der Waals surface area contributed by atoms with E-state index in [2.05, 4.69) is 53.4 Å². The summed E-state index contributed by atoms with van der Waals surface area (Å²) in [5, 5.41) is 10.4. The van der Waals surface area contributed by atoms with Crippen LogP contribution in [-0.2, 0) is 4.74 Å². The third kappa shape index (κ3) is 5.75. The quantitative estimate of drug-likeness (QED) is 0.837. The van der Waals surface area contributed by atoms with Gasteiger partial charge in [-0.15, -0.1) is 0 Å². The molecule has 1 N–H and O–H groups in total.